The number of fused-ring (bicyclic) bond motifs is 1. The average molecular weight is 391 g/mol. The Morgan fingerprint density at radius 3 is 2.63 bits per heavy atom. The third kappa shape index (κ3) is 4.64. The first-order chi connectivity index (χ1) is 12.9. The highest BCUT2D eigenvalue weighted by Crippen LogP contribution is 2.28. The Labute approximate surface area is 157 Å². The van der Waals surface area contributed by atoms with Gasteiger partial charge in [0.25, 0.3) is 0 Å². The molecule has 8 heteroatoms. The number of halogens is 1. The van der Waals surface area contributed by atoms with Crippen LogP contribution in [0.2, 0.25) is 0 Å². The Morgan fingerprint density at radius 1 is 1.19 bits per heavy atom. The molecule has 1 heterocycles. The van der Waals surface area contributed by atoms with Gasteiger partial charge < -0.3 is 9.84 Å². The van der Waals surface area contributed by atoms with Crippen molar-refractivity contribution in [2.45, 2.75) is 44.0 Å². The molecule has 3 aromatic rings. The van der Waals surface area contributed by atoms with Crippen LogP contribution in [0.1, 0.15) is 33.1 Å². The van der Waals surface area contributed by atoms with Crippen molar-refractivity contribution in [2.75, 3.05) is 5.32 Å². The molecule has 0 aliphatic heterocycles. The summed E-state index contributed by atoms with van der Waals surface area (Å²) in [5.41, 5.74) is 1.07. The van der Waals surface area contributed by atoms with E-state index in [9.17, 15) is 12.8 Å². The van der Waals surface area contributed by atoms with E-state index in [-0.39, 0.29) is 16.8 Å². The predicted octanol–water partition coefficient (Wildman–Crippen LogP) is 4.57. The lowest BCUT2D eigenvalue weighted by atomic mass is 10.2. The molecule has 1 aromatic heterocycles. The molecule has 2 N–H and O–H groups in total. The van der Waals surface area contributed by atoms with Crippen molar-refractivity contribution in [1.82, 2.24) is 9.88 Å². The first-order valence-electron chi connectivity index (χ1n) is 8.83. The highest BCUT2D eigenvalue weighted by Gasteiger charge is 2.19. The fraction of sp³-hybridized carbons (Fsp3) is 0.316. The van der Waals surface area contributed by atoms with E-state index in [1.54, 1.807) is 18.2 Å². The SMILES string of the molecule is CCCCC(C)NS(=O)(=O)c1ccc2onc(Nc3ccc(F)cc3)c2c1. The number of nitrogens with zero attached hydrogens (tertiary/aromatic N) is 1. The summed E-state index contributed by atoms with van der Waals surface area (Å²) in [5.74, 6) is 0.0231. The zero-order valence-corrected chi connectivity index (χ0v) is 16.0. The number of nitrogens with one attached hydrogen (secondary N) is 2. The summed E-state index contributed by atoms with van der Waals surface area (Å²) in [7, 11) is -3.65. The van der Waals surface area contributed by atoms with Crippen molar-refractivity contribution in [1.29, 1.82) is 0 Å². The van der Waals surface area contributed by atoms with E-state index in [1.807, 2.05) is 6.92 Å². The molecule has 144 valence electrons. The van der Waals surface area contributed by atoms with Crippen LogP contribution in [0.4, 0.5) is 15.9 Å². The Hall–Kier alpha value is -2.45. The first-order valence-corrected chi connectivity index (χ1v) is 10.3. The Bertz CT molecular complexity index is 1020. The van der Waals surface area contributed by atoms with Crippen molar-refractivity contribution in [3.8, 4) is 0 Å². The Kier molecular flexibility index (Phi) is 5.76. The molecule has 0 saturated heterocycles. The van der Waals surface area contributed by atoms with E-state index < -0.39 is 10.0 Å². The number of anilines is 2. The van der Waals surface area contributed by atoms with E-state index in [0.29, 0.717) is 22.5 Å². The maximum atomic E-state index is 13.0. The third-order valence-corrected chi connectivity index (χ3v) is 5.79. The quantitative estimate of drug-likeness (QED) is 0.588. The monoisotopic (exact) mass is 391 g/mol. The molecule has 0 radical (unpaired) electrons. The maximum Gasteiger partial charge on any atom is 0.240 e. The predicted molar refractivity (Wildman–Crippen MR) is 103 cm³/mol. The topological polar surface area (TPSA) is 84.2 Å². The maximum absolute atomic E-state index is 13.0. The van der Waals surface area contributed by atoms with Crippen molar-refractivity contribution < 1.29 is 17.3 Å². The van der Waals surface area contributed by atoms with Crippen LogP contribution in [0.3, 0.4) is 0 Å². The standard InChI is InChI=1S/C19H22FN3O3S/c1-3-4-5-13(2)23-27(24,25)16-10-11-18-17(12-16)19(22-26-18)21-15-8-6-14(20)7-9-15/h6-13,23H,3-5H2,1-2H3,(H,21,22). The largest absolute Gasteiger partial charge is 0.354 e. The molecule has 0 aliphatic rings. The third-order valence-electron chi connectivity index (χ3n) is 4.21. The highest BCUT2D eigenvalue weighted by molar-refractivity contribution is 7.89. The Morgan fingerprint density at radius 2 is 1.93 bits per heavy atom. The molecular weight excluding hydrogens is 369 g/mol. The van der Waals surface area contributed by atoms with Gasteiger partial charge in [-0.1, -0.05) is 24.9 Å². The lowest BCUT2D eigenvalue weighted by molar-refractivity contribution is 0.460. The second-order valence-electron chi connectivity index (χ2n) is 6.49. The zero-order valence-electron chi connectivity index (χ0n) is 15.2. The lowest BCUT2D eigenvalue weighted by Gasteiger charge is -2.13. The number of benzene rings is 2. The number of unbranched alkanes of at least 4 members (excludes halogenated alkanes) is 1. The molecule has 0 saturated carbocycles. The van der Waals surface area contributed by atoms with Gasteiger partial charge in [0.05, 0.1) is 10.3 Å². The van der Waals surface area contributed by atoms with Crippen LogP contribution in [0, 0.1) is 5.82 Å². The van der Waals surface area contributed by atoms with Crippen LogP contribution in [-0.4, -0.2) is 19.6 Å². The number of aromatic nitrogens is 1. The van der Waals surface area contributed by atoms with E-state index >= 15 is 0 Å². The number of rotatable bonds is 8. The summed E-state index contributed by atoms with van der Waals surface area (Å²) in [6.07, 6.45) is 2.75. The van der Waals surface area contributed by atoms with Crippen LogP contribution in [0.15, 0.2) is 51.9 Å². The molecule has 3 rings (SSSR count). The second-order valence-corrected chi connectivity index (χ2v) is 8.20. The molecule has 6 nitrogen and oxygen atoms in total. The van der Waals surface area contributed by atoms with Gasteiger partial charge in [0.15, 0.2) is 11.4 Å². The average Bonchev–Trinajstić information content (AvgIpc) is 3.04. The molecular formula is C19H22FN3O3S. The van der Waals surface area contributed by atoms with Crippen LogP contribution in [0.5, 0.6) is 0 Å². The van der Waals surface area contributed by atoms with Gasteiger partial charge in [-0.2, -0.15) is 0 Å². The number of sulfonamides is 1. The van der Waals surface area contributed by atoms with Crippen LogP contribution < -0.4 is 10.0 Å². The minimum atomic E-state index is -3.65. The van der Waals surface area contributed by atoms with Gasteiger partial charge in [-0.05, 0) is 55.8 Å². The van der Waals surface area contributed by atoms with Crippen LogP contribution in [0.25, 0.3) is 11.0 Å². The molecule has 0 amide bonds. The molecule has 1 atom stereocenters. The number of hydrogen-bond donors (Lipinski definition) is 2. The van der Waals surface area contributed by atoms with Gasteiger partial charge >= 0.3 is 0 Å². The first kappa shape index (κ1) is 19.3. The van der Waals surface area contributed by atoms with Gasteiger partial charge in [-0.3, -0.25) is 0 Å². The molecule has 0 bridgehead atoms. The van der Waals surface area contributed by atoms with E-state index in [1.165, 1.54) is 24.3 Å². The summed E-state index contributed by atoms with van der Waals surface area (Å²) < 4.78 is 46.3. The van der Waals surface area contributed by atoms with E-state index in [4.69, 9.17) is 4.52 Å². The van der Waals surface area contributed by atoms with Gasteiger partial charge in [-0.15, -0.1) is 0 Å². The van der Waals surface area contributed by atoms with Crippen molar-refractivity contribution in [3.63, 3.8) is 0 Å². The Balaban J connectivity index is 1.86. The van der Waals surface area contributed by atoms with Crippen LogP contribution in [-0.2, 0) is 10.0 Å². The van der Waals surface area contributed by atoms with Crippen LogP contribution >= 0.6 is 0 Å². The molecule has 0 fully saturated rings. The normalized spacial score (nSPS) is 13.0. The lowest BCUT2D eigenvalue weighted by Crippen LogP contribution is -2.32. The van der Waals surface area contributed by atoms with Crippen molar-refractivity contribution in [3.05, 3.63) is 48.3 Å². The fourth-order valence-electron chi connectivity index (χ4n) is 2.75. The number of hydrogen-bond acceptors (Lipinski definition) is 5. The van der Waals surface area contributed by atoms with E-state index in [0.717, 1.165) is 19.3 Å². The smallest absolute Gasteiger partial charge is 0.240 e. The van der Waals surface area contributed by atoms with Gasteiger partial charge in [-0.25, -0.2) is 17.5 Å². The molecule has 27 heavy (non-hydrogen) atoms. The summed E-state index contributed by atoms with van der Waals surface area (Å²) in [6, 6.07) is 10.2. The fourth-order valence-corrected chi connectivity index (χ4v) is 4.05. The zero-order chi connectivity index (χ0) is 19.4. The highest BCUT2D eigenvalue weighted by atomic mass is 32.2. The van der Waals surface area contributed by atoms with Gasteiger partial charge in [0, 0.05) is 11.7 Å². The summed E-state index contributed by atoms with van der Waals surface area (Å²) in [4.78, 5) is 0.142. The molecule has 0 spiro atoms. The van der Waals surface area contributed by atoms with Crippen molar-refractivity contribution in [2.24, 2.45) is 0 Å². The molecule has 1 unspecified atom stereocenters. The minimum Gasteiger partial charge on any atom is -0.354 e. The summed E-state index contributed by atoms with van der Waals surface area (Å²) in [5, 5.41) is 7.49. The molecule has 2 aromatic carbocycles. The summed E-state index contributed by atoms with van der Waals surface area (Å²) >= 11 is 0. The van der Waals surface area contributed by atoms with Gasteiger partial charge in [0.1, 0.15) is 5.82 Å². The second kappa shape index (κ2) is 8.06. The molecule has 0 aliphatic carbocycles. The summed E-state index contributed by atoms with van der Waals surface area (Å²) in [6.45, 7) is 3.92. The van der Waals surface area contributed by atoms with Crippen molar-refractivity contribution >= 4 is 32.5 Å². The minimum absolute atomic E-state index is 0.142. The van der Waals surface area contributed by atoms with Gasteiger partial charge in [0.2, 0.25) is 10.0 Å². The van der Waals surface area contributed by atoms with E-state index in [2.05, 4.69) is 22.1 Å².